The van der Waals surface area contributed by atoms with E-state index in [-0.39, 0.29) is 15.7 Å². The smallest absolute Gasteiger partial charge is 0.342 e. The van der Waals surface area contributed by atoms with Crippen LogP contribution in [0.3, 0.4) is 0 Å². The van der Waals surface area contributed by atoms with Crippen molar-refractivity contribution < 1.29 is 31.1 Å². The number of hydrogen-bond acceptors (Lipinski definition) is 2. The molecule has 1 aromatic heterocycles. The molecule has 0 saturated heterocycles. The molecule has 1 amide bonds. The van der Waals surface area contributed by atoms with Crippen molar-refractivity contribution in [1.82, 2.24) is 14.9 Å². The van der Waals surface area contributed by atoms with E-state index in [4.69, 9.17) is 23.2 Å². The summed E-state index contributed by atoms with van der Waals surface area (Å²) >= 11 is 11.7. The molecule has 12 heteroatoms. The first-order chi connectivity index (χ1) is 11.4. The Bertz CT molecular complexity index is 780. The monoisotopic (exact) mass is 405 g/mol. The molecule has 0 atom stereocenters. The van der Waals surface area contributed by atoms with Crippen LogP contribution >= 0.6 is 23.2 Å². The second-order valence-corrected chi connectivity index (χ2v) is 5.49. The summed E-state index contributed by atoms with van der Waals surface area (Å²) < 4.78 is 77.0. The summed E-state index contributed by atoms with van der Waals surface area (Å²) in [5.74, 6) is -1.63. The molecule has 4 nitrogen and oxygen atoms in total. The number of rotatable bonds is 3. The van der Waals surface area contributed by atoms with Crippen molar-refractivity contribution in [1.29, 1.82) is 0 Å². The number of alkyl halides is 6. The number of aromatic nitrogens is 2. The zero-order chi connectivity index (χ0) is 19.0. The van der Waals surface area contributed by atoms with E-state index in [1.165, 1.54) is 23.5 Å². The summed E-state index contributed by atoms with van der Waals surface area (Å²) in [4.78, 5) is 15.0. The average Bonchev–Trinajstić information content (AvgIpc) is 2.88. The lowest BCUT2D eigenvalue weighted by molar-refractivity contribution is -0.142. The van der Waals surface area contributed by atoms with Crippen LogP contribution in [0, 0.1) is 0 Å². The maximum atomic E-state index is 13.4. The first-order valence-electron chi connectivity index (χ1n) is 6.35. The van der Waals surface area contributed by atoms with Gasteiger partial charge in [-0.3, -0.25) is 9.36 Å². The molecule has 136 valence electrons. The lowest BCUT2D eigenvalue weighted by atomic mass is 10.2. The SMILES string of the molecule is O=C(NCC(F)(F)F)c1ncn(-c2c(Cl)cccc2Cl)c1C(F)(F)F. The van der Waals surface area contributed by atoms with Gasteiger partial charge in [0.25, 0.3) is 5.91 Å². The van der Waals surface area contributed by atoms with E-state index in [0.29, 0.717) is 10.9 Å². The van der Waals surface area contributed by atoms with Crippen LogP contribution in [0.1, 0.15) is 16.2 Å². The van der Waals surface area contributed by atoms with Gasteiger partial charge in [0.15, 0.2) is 11.4 Å². The van der Waals surface area contributed by atoms with E-state index >= 15 is 0 Å². The number of nitrogens with zero attached hydrogens (tertiary/aromatic N) is 2. The summed E-state index contributed by atoms with van der Waals surface area (Å²) in [6, 6.07) is 3.90. The van der Waals surface area contributed by atoms with Crippen LogP contribution in [0.25, 0.3) is 5.69 Å². The molecule has 0 radical (unpaired) electrons. The molecule has 1 N–H and O–H groups in total. The highest BCUT2D eigenvalue weighted by Gasteiger charge is 2.42. The third kappa shape index (κ3) is 4.37. The molecule has 1 heterocycles. The second-order valence-electron chi connectivity index (χ2n) is 4.68. The molecule has 0 saturated carbocycles. The van der Waals surface area contributed by atoms with Crippen molar-refractivity contribution in [3.63, 3.8) is 0 Å². The van der Waals surface area contributed by atoms with Gasteiger partial charge in [-0.1, -0.05) is 29.3 Å². The summed E-state index contributed by atoms with van der Waals surface area (Å²) in [7, 11) is 0. The van der Waals surface area contributed by atoms with Crippen LogP contribution in [0.2, 0.25) is 10.0 Å². The Balaban J connectivity index is 2.55. The Morgan fingerprint density at radius 3 is 2.16 bits per heavy atom. The van der Waals surface area contributed by atoms with Crippen molar-refractivity contribution in [3.8, 4) is 5.69 Å². The van der Waals surface area contributed by atoms with E-state index in [1.807, 2.05) is 0 Å². The summed E-state index contributed by atoms with van der Waals surface area (Å²) in [6.07, 6.45) is -9.29. The third-order valence-corrected chi connectivity index (χ3v) is 3.49. The van der Waals surface area contributed by atoms with Crippen LogP contribution < -0.4 is 5.32 Å². The van der Waals surface area contributed by atoms with E-state index in [1.54, 1.807) is 0 Å². The van der Waals surface area contributed by atoms with E-state index < -0.39 is 36.2 Å². The summed E-state index contributed by atoms with van der Waals surface area (Å²) in [5.41, 5.74) is -3.13. The van der Waals surface area contributed by atoms with Gasteiger partial charge in [-0.2, -0.15) is 26.3 Å². The zero-order valence-corrected chi connectivity index (χ0v) is 13.4. The van der Waals surface area contributed by atoms with Crippen molar-refractivity contribution >= 4 is 29.1 Å². The van der Waals surface area contributed by atoms with Crippen molar-refractivity contribution in [2.24, 2.45) is 0 Å². The number of carbonyl (C=O) groups excluding carboxylic acids is 1. The van der Waals surface area contributed by atoms with Gasteiger partial charge in [-0.25, -0.2) is 4.98 Å². The number of halogens is 8. The number of para-hydroxylation sites is 1. The molecule has 1 aromatic carbocycles. The number of hydrogen-bond donors (Lipinski definition) is 1. The van der Waals surface area contributed by atoms with Crippen molar-refractivity contribution in [2.45, 2.75) is 12.4 Å². The lowest BCUT2D eigenvalue weighted by Crippen LogP contribution is -2.35. The molecule has 0 aliphatic carbocycles. The molecule has 2 aromatic rings. The van der Waals surface area contributed by atoms with Gasteiger partial charge in [-0.15, -0.1) is 0 Å². The predicted octanol–water partition coefficient (Wildman–Crippen LogP) is 4.49. The number of benzene rings is 1. The first-order valence-corrected chi connectivity index (χ1v) is 7.11. The highest BCUT2D eigenvalue weighted by atomic mass is 35.5. The van der Waals surface area contributed by atoms with Gasteiger partial charge < -0.3 is 5.32 Å². The van der Waals surface area contributed by atoms with Gasteiger partial charge in [0.2, 0.25) is 0 Å². The minimum Gasteiger partial charge on any atom is -0.342 e. The van der Waals surface area contributed by atoms with Gasteiger partial charge in [-0.05, 0) is 12.1 Å². The zero-order valence-electron chi connectivity index (χ0n) is 11.8. The van der Waals surface area contributed by atoms with Gasteiger partial charge in [0.1, 0.15) is 12.9 Å². The first kappa shape index (κ1) is 19.4. The Kier molecular flexibility index (Phi) is 5.24. The fourth-order valence-corrected chi connectivity index (χ4v) is 2.52. The van der Waals surface area contributed by atoms with Crippen LogP contribution in [-0.2, 0) is 6.18 Å². The lowest BCUT2D eigenvalue weighted by Gasteiger charge is -2.15. The molecule has 0 aliphatic rings. The number of amides is 1. The molecule has 0 bridgehead atoms. The standard InChI is InChI=1S/C13H7Cl2F6N3O/c14-6-2-1-3-7(15)9(6)24-5-23-8(10(24)13(19,20)21)11(25)22-4-12(16,17)18/h1-3,5H,4H2,(H,22,25). The largest absolute Gasteiger partial charge is 0.434 e. The van der Waals surface area contributed by atoms with E-state index in [0.717, 1.165) is 0 Å². The minimum absolute atomic E-state index is 0.169. The Labute approximate surface area is 146 Å². The predicted molar refractivity (Wildman–Crippen MR) is 77.0 cm³/mol. The van der Waals surface area contributed by atoms with Crippen LogP contribution in [0.5, 0.6) is 0 Å². The second kappa shape index (κ2) is 6.75. The number of imidazole rings is 1. The molecule has 25 heavy (non-hydrogen) atoms. The molecular weight excluding hydrogens is 399 g/mol. The minimum atomic E-state index is -5.11. The Morgan fingerprint density at radius 1 is 1.12 bits per heavy atom. The van der Waals surface area contributed by atoms with Crippen LogP contribution in [0.15, 0.2) is 24.5 Å². The quantitative estimate of drug-likeness (QED) is 0.764. The van der Waals surface area contributed by atoms with E-state index in [9.17, 15) is 31.1 Å². The molecule has 2 rings (SSSR count). The third-order valence-electron chi connectivity index (χ3n) is 2.88. The highest BCUT2D eigenvalue weighted by Crippen LogP contribution is 2.37. The molecule has 0 fully saturated rings. The van der Waals surface area contributed by atoms with Gasteiger partial charge in [0.05, 0.1) is 15.7 Å². The summed E-state index contributed by atoms with van der Waals surface area (Å²) in [5, 5.41) is 1.00. The fourth-order valence-electron chi connectivity index (χ4n) is 1.94. The molecule has 0 spiro atoms. The van der Waals surface area contributed by atoms with E-state index in [2.05, 4.69) is 4.98 Å². The normalized spacial score (nSPS) is 12.3. The Morgan fingerprint density at radius 2 is 1.68 bits per heavy atom. The Hall–Kier alpha value is -1.94. The average molecular weight is 406 g/mol. The van der Waals surface area contributed by atoms with Crippen LogP contribution in [-0.4, -0.2) is 28.2 Å². The van der Waals surface area contributed by atoms with Gasteiger partial charge >= 0.3 is 12.4 Å². The molecule has 0 aliphatic heterocycles. The van der Waals surface area contributed by atoms with Gasteiger partial charge in [0, 0.05) is 0 Å². The van der Waals surface area contributed by atoms with Crippen LogP contribution in [0.4, 0.5) is 26.3 Å². The maximum absolute atomic E-state index is 13.4. The number of carbonyl (C=O) groups is 1. The topological polar surface area (TPSA) is 46.9 Å². The molecular formula is C13H7Cl2F6N3O. The summed E-state index contributed by atoms with van der Waals surface area (Å²) in [6.45, 7) is -1.80. The maximum Gasteiger partial charge on any atom is 0.434 e. The number of nitrogens with one attached hydrogen (secondary N) is 1. The van der Waals surface area contributed by atoms with Crippen molar-refractivity contribution in [2.75, 3.05) is 6.54 Å². The molecule has 0 unspecified atom stereocenters. The van der Waals surface area contributed by atoms with Crippen molar-refractivity contribution in [3.05, 3.63) is 46.0 Å². The fraction of sp³-hybridized carbons (Fsp3) is 0.231. The highest BCUT2D eigenvalue weighted by molar-refractivity contribution is 6.37.